The van der Waals surface area contributed by atoms with Gasteiger partial charge in [0.1, 0.15) is 13.2 Å². The van der Waals surface area contributed by atoms with Crippen LogP contribution < -0.4 is 0 Å². The monoisotopic (exact) mass is 180 g/mol. The van der Waals surface area contributed by atoms with E-state index in [1.165, 1.54) is 0 Å². The molecule has 0 aliphatic rings. The Morgan fingerprint density at radius 2 is 2.17 bits per heavy atom. The molecule has 0 radical (unpaired) electrons. The second kappa shape index (κ2) is 8.05. The van der Waals surface area contributed by atoms with Crippen LogP contribution in [-0.4, -0.2) is 24.4 Å². The Bertz CT molecular complexity index is 269. The smallest absolute Gasteiger partial charge is 0.177 e. The summed E-state index contributed by atoms with van der Waals surface area (Å²) in [5.41, 5.74) is 0. The van der Waals surface area contributed by atoms with Crippen LogP contribution in [0.5, 0.6) is 0 Å². The quantitative estimate of drug-likeness (QED) is 0.353. The van der Waals surface area contributed by atoms with Crippen molar-refractivity contribution in [3.63, 3.8) is 0 Å². The minimum Gasteiger partial charge on any atom is -0.369 e. The molecule has 62 valence electrons. The first-order chi connectivity index (χ1) is 5.81. The third-order valence-corrected chi connectivity index (χ3v) is 0.929. The Morgan fingerprint density at radius 3 is 2.75 bits per heavy atom. The lowest BCUT2D eigenvalue weighted by Gasteiger charge is -1.90. The summed E-state index contributed by atoms with van der Waals surface area (Å²) in [4.78, 5) is 0. The Hall–Kier alpha value is -1.05. The molecular formula is C9H8O2S. The minimum absolute atomic E-state index is 0.204. The minimum atomic E-state index is -0.961. The topological polar surface area (TPSA) is 29.5 Å². The van der Waals surface area contributed by atoms with E-state index in [4.69, 9.17) is 16.3 Å². The molecule has 3 heteroatoms. The van der Waals surface area contributed by atoms with Gasteiger partial charge in [0.15, 0.2) is 6.10 Å². The van der Waals surface area contributed by atoms with Crippen LogP contribution in [0.3, 0.4) is 0 Å². The van der Waals surface area contributed by atoms with Gasteiger partial charge in [-0.3, -0.25) is 0 Å². The standard InChI is InChI=1S/C9H8O2S/c1-2-6-11-7-3-4-9(10)5-8-12/h1,9-10,12H,6-7H2. The van der Waals surface area contributed by atoms with Gasteiger partial charge in [0.25, 0.3) is 0 Å². The fourth-order valence-corrected chi connectivity index (χ4v) is 0.519. The molecule has 0 aromatic heterocycles. The lowest BCUT2D eigenvalue weighted by molar-refractivity contribution is 0.204. The molecule has 1 atom stereocenters. The summed E-state index contributed by atoms with van der Waals surface area (Å²) in [5.74, 6) is 9.61. The van der Waals surface area contributed by atoms with Gasteiger partial charge in [-0.2, -0.15) is 0 Å². The highest BCUT2D eigenvalue weighted by Gasteiger charge is 1.87. The molecule has 0 rings (SSSR count). The van der Waals surface area contributed by atoms with Crippen LogP contribution in [0.2, 0.25) is 0 Å². The highest BCUT2D eigenvalue weighted by atomic mass is 32.1. The van der Waals surface area contributed by atoms with Gasteiger partial charge in [-0.1, -0.05) is 30.4 Å². The first-order valence-corrected chi connectivity index (χ1v) is 3.58. The zero-order valence-corrected chi connectivity index (χ0v) is 7.27. The number of aliphatic hydroxyl groups excluding tert-OH is 1. The van der Waals surface area contributed by atoms with Crippen molar-refractivity contribution in [3.8, 4) is 35.4 Å². The number of ether oxygens (including phenoxy) is 1. The van der Waals surface area contributed by atoms with Crippen LogP contribution in [0, 0.1) is 35.4 Å². The summed E-state index contributed by atoms with van der Waals surface area (Å²) in [6, 6.07) is 0. The lowest BCUT2D eigenvalue weighted by atomic mass is 10.4. The predicted molar refractivity (Wildman–Crippen MR) is 50.2 cm³/mol. The summed E-state index contributed by atoms with van der Waals surface area (Å²) < 4.78 is 4.82. The van der Waals surface area contributed by atoms with Crippen molar-refractivity contribution in [1.82, 2.24) is 0 Å². The summed E-state index contributed by atoms with van der Waals surface area (Å²) >= 11 is 3.59. The van der Waals surface area contributed by atoms with E-state index in [9.17, 15) is 0 Å². The van der Waals surface area contributed by atoms with Gasteiger partial charge < -0.3 is 9.84 Å². The van der Waals surface area contributed by atoms with E-state index in [0.717, 1.165) is 0 Å². The molecule has 0 fully saturated rings. The average molecular weight is 180 g/mol. The third kappa shape index (κ3) is 7.06. The Kier molecular flexibility index (Phi) is 7.35. The third-order valence-electron chi connectivity index (χ3n) is 0.800. The summed E-state index contributed by atoms with van der Waals surface area (Å²) in [6.45, 7) is 0.429. The molecule has 0 bridgehead atoms. The van der Waals surface area contributed by atoms with E-state index in [1.807, 2.05) is 0 Å². The van der Waals surface area contributed by atoms with Gasteiger partial charge in [-0.15, -0.1) is 6.42 Å². The van der Waals surface area contributed by atoms with Crippen molar-refractivity contribution in [2.75, 3.05) is 13.2 Å². The molecule has 0 aliphatic carbocycles. The fraction of sp³-hybridized carbons (Fsp3) is 0.333. The second-order valence-electron chi connectivity index (χ2n) is 1.68. The van der Waals surface area contributed by atoms with Gasteiger partial charge in [0.05, 0.1) is 0 Å². The number of aliphatic hydroxyl groups is 1. The van der Waals surface area contributed by atoms with E-state index in [0.29, 0.717) is 0 Å². The number of terminal acetylenes is 1. The van der Waals surface area contributed by atoms with Crippen LogP contribution in [0.1, 0.15) is 0 Å². The first-order valence-electron chi connectivity index (χ1n) is 3.13. The Balaban J connectivity index is 3.57. The molecule has 0 heterocycles. The Morgan fingerprint density at radius 1 is 1.42 bits per heavy atom. The van der Waals surface area contributed by atoms with Gasteiger partial charge in [0.2, 0.25) is 0 Å². The molecule has 0 amide bonds. The molecule has 0 saturated heterocycles. The van der Waals surface area contributed by atoms with Gasteiger partial charge in [0, 0.05) is 0 Å². The molecule has 1 unspecified atom stereocenters. The van der Waals surface area contributed by atoms with Gasteiger partial charge in [-0.25, -0.2) is 0 Å². The maximum absolute atomic E-state index is 8.91. The number of thiol groups is 1. The van der Waals surface area contributed by atoms with Crippen LogP contribution in [0.25, 0.3) is 0 Å². The highest BCUT2D eigenvalue weighted by molar-refractivity contribution is 7.85. The number of hydrogen-bond donors (Lipinski definition) is 2. The molecule has 0 aromatic carbocycles. The van der Waals surface area contributed by atoms with Crippen molar-refractivity contribution in [3.05, 3.63) is 0 Å². The maximum Gasteiger partial charge on any atom is 0.177 e. The first kappa shape index (κ1) is 11.0. The van der Waals surface area contributed by atoms with Crippen LogP contribution in [-0.2, 0) is 4.74 Å². The molecule has 0 aromatic rings. The predicted octanol–water partition coefficient (Wildman–Crippen LogP) is -0.109. The van der Waals surface area contributed by atoms with Crippen molar-refractivity contribution >= 4 is 12.6 Å². The molecule has 0 aliphatic heterocycles. The zero-order chi connectivity index (χ0) is 9.23. The molecule has 0 spiro atoms. The lowest BCUT2D eigenvalue weighted by Crippen LogP contribution is -1.98. The SMILES string of the molecule is C#CCOCC#CC(O)C#CS. The number of rotatable bonds is 2. The largest absolute Gasteiger partial charge is 0.369 e. The van der Waals surface area contributed by atoms with E-state index in [2.05, 4.69) is 41.6 Å². The summed E-state index contributed by atoms with van der Waals surface area (Å²) in [7, 11) is 0. The van der Waals surface area contributed by atoms with Crippen LogP contribution >= 0.6 is 12.6 Å². The summed E-state index contributed by atoms with van der Waals surface area (Å²) in [5, 5.41) is 11.2. The Labute approximate surface area is 77.7 Å². The molecule has 0 saturated carbocycles. The summed E-state index contributed by atoms with van der Waals surface area (Å²) in [6.07, 6.45) is 3.95. The van der Waals surface area contributed by atoms with Crippen LogP contribution in [0.15, 0.2) is 0 Å². The van der Waals surface area contributed by atoms with Gasteiger partial charge in [-0.05, 0) is 11.2 Å². The van der Waals surface area contributed by atoms with E-state index in [-0.39, 0.29) is 13.2 Å². The number of hydrogen-bond acceptors (Lipinski definition) is 3. The van der Waals surface area contributed by atoms with Crippen molar-refractivity contribution in [2.45, 2.75) is 6.10 Å². The maximum atomic E-state index is 8.91. The van der Waals surface area contributed by atoms with E-state index >= 15 is 0 Å². The molecule has 12 heavy (non-hydrogen) atoms. The average Bonchev–Trinajstić information content (AvgIpc) is 2.05. The second-order valence-corrected chi connectivity index (χ2v) is 1.90. The fourth-order valence-electron chi connectivity index (χ4n) is 0.397. The van der Waals surface area contributed by atoms with E-state index < -0.39 is 6.10 Å². The molecule has 1 N–H and O–H groups in total. The van der Waals surface area contributed by atoms with Crippen molar-refractivity contribution < 1.29 is 9.84 Å². The van der Waals surface area contributed by atoms with E-state index in [1.54, 1.807) is 0 Å². The molecule has 2 nitrogen and oxygen atoms in total. The van der Waals surface area contributed by atoms with Crippen molar-refractivity contribution in [1.29, 1.82) is 0 Å². The highest BCUT2D eigenvalue weighted by Crippen LogP contribution is 1.77. The van der Waals surface area contributed by atoms with Crippen LogP contribution in [0.4, 0.5) is 0 Å². The normalized spacial score (nSPS) is 9.75. The van der Waals surface area contributed by atoms with Gasteiger partial charge >= 0.3 is 0 Å². The van der Waals surface area contributed by atoms with Crippen molar-refractivity contribution in [2.24, 2.45) is 0 Å². The zero-order valence-electron chi connectivity index (χ0n) is 6.37. The molecular weight excluding hydrogens is 172 g/mol.